The lowest BCUT2D eigenvalue weighted by Crippen LogP contribution is -2.40. The molecule has 2 aromatic heterocycles. The van der Waals surface area contributed by atoms with Crippen LogP contribution in [-0.4, -0.2) is 45.1 Å². The van der Waals surface area contributed by atoms with Crippen molar-refractivity contribution < 1.29 is 22.8 Å². The number of nitrogens with zero attached hydrogens (tertiary/aromatic N) is 4. The number of thiazole rings is 1. The van der Waals surface area contributed by atoms with Crippen LogP contribution in [0.1, 0.15) is 52.2 Å². The Morgan fingerprint density at radius 2 is 2.11 bits per heavy atom. The normalized spacial score (nSPS) is 17.6. The van der Waals surface area contributed by atoms with Crippen LogP contribution >= 0.6 is 11.3 Å². The summed E-state index contributed by atoms with van der Waals surface area (Å²) in [5, 5.41) is 8.33. The zero-order valence-electron chi connectivity index (χ0n) is 15.4. The summed E-state index contributed by atoms with van der Waals surface area (Å²) in [4.78, 5) is 30.5. The molecule has 2 amide bonds. The summed E-state index contributed by atoms with van der Waals surface area (Å²) >= 11 is 1.30. The molecule has 2 aromatic rings. The maximum Gasteiger partial charge on any atom is 0.435 e. The monoisotopic (exact) mass is 415 g/mol. The lowest BCUT2D eigenvalue weighted by molar-refractivity contribution is -0.142. The van der Waals surface area contributed by atoms with Crippen molar-refractivity contribution in [2.75, 3.05) is 13.6 Å². The Hall–Kier alpha value is -2.43. The molecule has 1 fully saturated rings. The third-order valence-electron chi connectivity index (χ3n) is 4.65. The van der Waals surface area contributed by atoms with E-state index in [-0.39, 0.29) is 30.1 Å². The predicted molar refractivity (Wildman–Crippen MR) is 95.8 cm³/mol. The van der Waals surface area contributed by atoms with Gasteiger partial charge in [-0.25, -0.2) is 4.98 Å². The molecule has 1 unspecified atom stereocenters. The fourth-order valence-corrected chi connectivity index (χ4v) is 4.13. The second-order valence-electron chi connectivity index (χ2n) is 6.58. The number of rotatable bonds is 4. The summed E-state index contributed by atoms with van der Waals surface area (Å²) in [6, 6.07) is 0.639. The van der Waals surface area contributed by atoms with Crippen LogP contribution in [0.5, 0.6) is 0 Å². The van der Waals surface area contributed by atoms with Gasteiger partial charge in [0, 0.05) is 24.7 Å². The number of amides is 2. The summed E-state index contributed by atoms with van der Waals surface area (Å²) in [7, 11) is 1.51. The van der Waals surface area contributed by atoms with Crippen molar-refractivity contribution in [1.82, 2.24) is 25.0 Å². The van der Waals surface area contributed by atoms with Gasteiger partial charge in [-0.05, 0) is 32.3 Å². The molecule has 28 heavy (non-hydrogen) atoms. The van der Waals surface area contributed by atoms with E-state index in [0.29, 0.717) is 23.7 Å². The molecule has 152 valence electrons. The Morgan fingerprint density at radius 1 is 1.36 bits per heavy atom. The van der Waals surface area contributed by atoms with E-state index < -0.39 is 11.9 Å². The van der Waals surface area contributed by atoms with Gasteiger partial charge in [0.25, 0.3) is 5.91 Å². The molecule has 1 aliphatic rings. The average molecular weight is 415 g/mol. The van der Waals surface area contributed by atoms with E-state index in [1.54, 1.807) is 10.3 Å². The number of carbonyl (C=O) groups excluding carboxylic acids is 2. The molecule has 0 radical (unpaired) electrons. The summed E-state index contributed by atoms with van der Waals surface area (Å²) in [6.07, 6.45) is -2.15. The SMILES string of the molecule is CNC(=O)c1csc(C2CCCCN2C(=O)Cn2nc(C(F)(F)F)cc2C)n1. The Kier molecular flexibility index (Phi) is 5.73. The van der Waals surface area contributed by atoms with E-state index in [0.717, 1.165) is 23.6 Å². The number of halogens is 3. The molecule has 0 saturated carbocycles. The van der Waals surface area contributed by atoms with Crippen LogP contribution in [0.15, 0.2) is 11.4 Å². The first kappa shape index (κ1) is 20.3. The molecule has 11 heteroatoms. The largest absolute Gasteiger partial charge is 0.435 e. The third kappa shape index (κ3) is 4.18. The van der Waals surface area contributed by atoms with Gasteiger partial charge >= 0.3 is 6.18 Å². The molecule has 3 rings (SSSR count). The van der Waals surface area contributed by atoms with Crippen LogP contribution in [0, 0.1) is 6.92 Å². The van der Waals surface area contributed by atoms with Gasteiger partial charge in [0.2, 0.25) is 5.91 Å². The molecule has 3 heterocycles. The van der Waals surface area contributed by atoms with Crippen LogP contribution < -0.4 is 5.32 Å². The zero-order valence-corrected chi connectivity index (χ0v) is 16.2. The minimum atomic E-state index is -4.55. The smallest absolute Gasteiger partial charge is 0.354 e. The highest BCUT2D eigenvalue weighted by molar-refractivity contribution is 7.09. The highest BCUT2D eigenvalue weighted by Gasteiger charge is 2.35. The average Bonchev–Trinajstić information content (AvgIpc) is 3.28. The quantitative estimate of drug-likeness (QED) is 0.833. The van der Waals surface area contributed by atoms with Crippen LogP contribution in [0.2, 0.25) is 0 Å². The summed E-state index contributed by atoms with van der Waals surface area (Å²) < 4.78 is 39.6. The van der Waals surface area contributed by atoms with E-state index >= 15 is 0 Å². The van der Waals surface area contributed by atoms with Crippen molar-refractivity contribution in [2.24, 2.45) is 0 Å². The molecular formula is C17H20F3N5O2S. The van der Waals surface area contributed by atoms with Crippen LogP contribution in [0.3, 0.4) is 0 Å². The standard InChI is InChI=1S/C17H20F3N5O2S/c1-10-7-13(17(18,19)20)23-25(10)8-14(26)24-6-4-3-5-12(24)16-22-11(9-28-16)15(27)21-2/h7,9,12H,3-6,8H2,1-2H3,(H,21,27). The van der Waals surface area contributed by atoms with Gasteiger partial charge in [-0.1, -0.05) is 0 Å². The van der Waals surface area contributed by atoms with E-state index in [1.807, 2.05) is 0 Å². The Bertz CT molecular complexity index is 877. The maximum absolute atomic E-state index is 12.8. The second-order valence-corrected chi connectivity index (χ2v) is 7.46. The minimum absolute atomic E-state index is 0.269. The molecule has 1 N–H and O–H groups in total. The molecule has 7 nitrogen and oxygen atoms in total. The van der Waals surface area contributed by atoms with E-state index in [2.05, 4.69) is 15.4 Å². The van der Waals surface area contributed by atoms with Crippen molar-refractivity contribution in [3.8, 4) is 0 Å². The summed E-state index contributed by atoms with van der Waals surface area (Å²) in [5.74, 6) is -0.621. The number of carbonyl (C=O) groups is 2. The number of hydrogen-bond acceptors (Lipinski definition) is 5. The number of aromatic nitrogens is 3. The van der Waals surface area contributed by atoms with Gasteiger partial charge in [0.05, 0.1) is 6.04 Å². The summed E-state index contributed by atoms with van der Waals surface area (Å²) in [6.45, 7) is 1.70. The highest BCUT2D eigenvalue weighted by atomic mass is 32.1. The van der Waals surface area contributed by atoms with Crippen molar-refractivity contribution in [2.45, 2.75) is 44.9 Å². The van der Waals surface area contributed by atoms with Crippen molar-refractivity contribution in [3.05, 3.63) is 33.5 Å². The second kappa shape index (κ2) is 7.90. The molecule has 0 aliphatic carbocycles. The third-order valence-corrected chi connectivity index (χ3v) is 5.59. The van der Waals surface area contributed by atoms with Gasteiger partial charge in [-0.2, -0.15) is 18.3 Å². The highest BCUT2D eigenvalue weighted by Crippen LogP contribution is 2.33. The Balaban J connectivity index is 1.78. The Morgan fingerprint density at radius 3 is 2.75 bits per heavy atom. The fourth-order valence-electron chi connectivity index (χ4n) is 3.19. The first-order valence-electron chi connectivity index (χ1n) is 8.79. The van der Waals surface area contributed by atoms with E-state index in [9.17, 15) is 22.8 Å². The lowest BCUT2D eigenvalue weighted by atomic mass is 10.0. The molecule has 0 bridgehead atoms. The van der Waals surface area contributed by atoms with Crippen molar-refractivity contribution >= 4 is 23.2 Å². The molecule has 0 spiro atoms. The fraction of sp³-hybridized carbons (Fsp3) is 0.529. The van der Waals surface area contributed by atoms with E-state index in [4.69, 9.17) is 0 Å². The van der Waals surface area contributed by atoms with Gasteiger partial charge in [0.1, 0.15) is 17.2 Å². The number of hydrogen-bond donors (Lipinski definition) is 1. The van der Waals surface area contributed by atoms with Crippen LogP contribution in [0.25, 0.3) is 0 Å². The number of alkyl halides is 3. The van der Waals surface area contributed by atoms with Crippen molar-refractivity contribution in [3.63, 3.8) is 0 Å². The molecule has 0 aromatic carbocycles. The topological polar surface area (TPSA) is 80.1 Å². The summed E-state index contributed by atoms with van der Waals surface area (Å²) in [5.41, 5.74) is -0.452. The number of nitrogens with one attached hydrogen (secondary N) is 1. The molecule has 1 atom stereocenters. The number of aryl methyl sites for hydroxylation is 1. The number of piperidine rings is 1. The Labute approximate surface area is 163 Å². The first-order valence-corrected chi connectivity index (χ1v) is 9.67. The van der Waals surface area contributed by atoms with Gasteiger partial charge in [0.15, 0.2) is 5.69 Å². The molecule has 1 aliphatic heterocycles. The van der Waals surface area contributed by atoms with Crippen LogP contribution in [0.4, 0.5) is 13.2 Å². The molecule has 1 saturated heterocycles. The first-order chi connectivity index (χ1) is 13.2. The lowest BCUT2D eigenvalue weighted by Gasteiger charge is -2.34. The van der Waals surface area contributed by atoms with E-state index in [1.165, 1.54) is 25.3 Å². The predicted octanol–water partition coefficient (Wildman–Crippen LogP) is 2.78. The molecular weight excluding hydrogens is 395 g/mol. The van der Waals surface area contributed by atoms with Gasteiger partial charge in [-0.3, -0.25) is 14.3 Å². The zero-order chi connectivity index (χ0) is 20.5. The van der Waals surface area contributed by atoms with Crippen LogP contribution in [-0.2, 0) is 17.5 Å². The minimum Gasteiger partial charge on any atom is -0.354 e. The van der Waals surface area contributed by atoms with Gasteiger partial charge < -0.3 is 10.2 Å². The number of likely N-dealkylation sites (tertiary alicyclic amines) is 1. The maximum atomic E-state index is 12.8. The van der Waals surface area contributed by atoms with Crippen molar-refractivity contribution in [1.29, 1.82) is 0 Å². The van der Waals surface area contributed by atoms with Gasteiger partial charge in [-0.15, -0.1) is 11.3 Å².